The fourth-order valence-corrected chi connectivity index (χ4v) is 2.35. The Hall–Kier alpha value is -3.34. The van der Waals surface area contributed by atoms with Crippen molar-refractivity contribution in [1.29, 1.82) is 0 Å². The molecule has 25 heavy (non-hydrogen) atoms. The molecule has 0 saturated heterocycles. The minimum Gasteiger partial charge on any atom is -0.507 e. The number of nitrogens with one attached hydrogen (secondary N) is 1. The summed E-state index contributed by atoms with van der Waals surface area (Å²) >= 11 is 0. The van der Waals surface area contributed by atoms with Gasteiger partial charge in [-0.3, -0.25) is 4.79 Å². The second-order valence-electron chi connectivity index (χ2n) is 5.56. The second-order valence-corrected chi connectivity index (χ2v) is 5.56. The van der Waals surface area contributed by atoms with Gasteiger partial charge in [0.1, 0.15) is 11.5 Å². The Kier molecular flexibility index (Phi) is 4.95. The normalized spacial score (nSPS) is 12.2. The first kappa shape index (κ1) is 16.5. The minimum absolute atomic E-state index is 0.0981. The highest BCUT2D eigenvalue weighted by Gasteiger charge is 2.14. The molecule has 3 rings (SSSR count). The van der Waals surface area contributed by atoms with Crippen LogP contribution in [-0.2, 0) is 4.79 Å². The Balaban J connectivity index is 1.61. The Bertz CT molecular complexity index is 921. The lowest BCUT2D eigenvalue weighted by molar-refractivity contribution is -0.127. The molecular weight excluding hydrogens is 316 g/mol. The molecule has 5 nitrogen and oxygen atoms in total. The van der Waals surface area contributed by atoms with E-state index in [9.17, 15) is 9.90 Å². The number of phenolic OH excluding ortho intramolecular Hbond substituents is 1. The fraction of sp³-hybridized carbons (Fsp3) is 0.100. The van der Waals surface area contributed by atoms with Crippen LogP contribution in [0, 0.1) is 0 Å². The number of aromatic hydroxyl groups is 1. The lowest BCUT2D eigenvalue weighted by atomic mass is 10.1. The molecule has 3 aromatic carbocycles. The molecule has 0 spiro atoms. The van der Waals surface area contributed by atoms with Gasteiger partial charge in [-0.25, -0.2) is 5.43 Å². The third-order valence-electron chi connectivity index (χ3n) is 3.72. The molecule has 126 valence electrons. The monoisotopic (exact) mass is 334 g/mol. The Morgan fingerprint density at radius 1 is 1.08 bits per heavy atom. The molecule has 0 aromatic heterocycles. The quantitative estimate of drug-likeness (QED) is 0.554. The Labute approximate surface area is 145 Å². The number of hydrogen-bond donors (Lipinski definition) is 2. The maximum Gasteiger partial charge on any atom is 0.280 e. The first-order chi connectivity index (χ1) is 12.1. The molecule has 5 heteroatoms. The van der Waals surface area contributed by atoms with Crippen molar-refractivity contribution in [2.24, 2.45) is 5.10 Å². The molecule has 0 unspecified atom stereocenters. The molecule has 2 N–H and O–H groups in total. The topological polar surface area (TPSA) is 70.9 Å². The lowest BCUT2D eigenvalue weighted by Gasteiger charge is -2.13. The largest absolute Gasteiger partial charge is 0.507 e. The summed E-state index contributed by atoms with van der Waals surface area (Å²) in [6, 6.07) is 20.3. The van der Waals surface area contributed by atoms with Crippen LogP contribution in [-0.4, -0.2) is 23.3 Å². The number of hydrazone groups is 1. The predicted octanol–water partition coefficient (Wildman–Crippen LogP) is 3.46. The SMILES string of the molecule is C[C@H](Oc1ccc2ccccc2c1)C(=O)N/N=C/c1ccccc1O. The van der Waals surface area contributed by atoms with Gasteiger partial charge < -0.3 is 9.84 Å². The number of carbonyl (C=O) groups excluding carboxylic acids is 1. The first-order valence-corrected chi connectivity index (χ1v) is 7.90. The van der Waals surface area contributed by atoms with Gasteiger partial charge >= 0.3 is 0 Å². The minimum atomic E-state index is -0.706. The maximum atomic E-state index is 12.1. The summed E-state index contributed by atoms with van der Waals surface area (Å²) in [5.41, 5.74) is 2.93. The van der Waals surface area contributed by atoms with E-state index >= 15 is 0 Å². The summed E-state index contributed by atoms with van der Waals surface area (Å²) in [5.74, 6) is 0.340. The number of ether oxygens (including phenoxy) is 1. The van der Waals surface area contributed by atoms with Crippen LogP contribution in [0.2, 0.25) is 0 Å². The molecule has 1 amide bonds. The van der Waals surface area contributed by atoms with Crippen molar-refractivity contribution < 1.29 is 14.6 Å². The number of phenols is 1. The molecule has 0 aliphatic carbocycles. The molecule has 0 saturated carbocycles. The van der Waals surface area contributed by atoms with Crippen LogP contribution < -0.4 is 10.2 Å². The van der Waals surface area contributed by atoms with Gasteiger partial charge in [0, 0.05) is 5.56 Å². The first-order valence-electron chi connectivity index (χ1n) is 7.90. The van der Waals surface area contributed by atoms with Crippen LogP contribution in [0.1, 0.15) is 12.5 Å². The average molecular weight is 334 g/mol. The lowest BCUT2D eigenvalue weighted by Crippen LogP contribution is -2.33. The van der Waals surface area contributed by atoms with Crippen LogP contribution >= 0.6 is 0 Å². The third kappa shape index (κ3) is 4.14. The molecule has 1 atom stereocenters. The van der Waals surface area contributed by atoms with Gasteiger partial charge in [-0.15, -0.1) is 0 Å². The molecule has 0 aliphatic heterocycles. The highest BCUT2D eigenvalue weighted by Crippen LogP contribution is 2.21. The average Bonchev–Trinajstić information content (AvgIpc) is 2.63. The van der Waals surface area contributed by atoms with E-state index in [-0.39, 0.29) is 11.7 Å². The van der Waals surface area contributed by atoms with E-state index in [1.54, 1.807) is 31.2 Å². The standard InChI is InChI=1S/C20H18N2O3/c1-14(20(24)22-21-13-17-8-4-5-9-19(17)23)25-18-11-10-15-6-2-3-7-16(15)12-18/h2-14,23H,1H3,(H,22,24)/b21-13+/t14-/m0/s1. The predicted molar refractivity (Wildman–Crippen MR) is 97.9 cm³/mol. The zero-order chi connectivity index (χ0) is 17.6. The number of amides is 1. The summed E-state index contributed by atoms with van der Waals surface area (Å²) in [6.45, 7) is 1.65. The summed E-state index contributed by atoms with van der Waals surface area (Å²) in [5, 5.41) is 15.6. The van der Waals surface area contributed by atoms with E-state index in [0.717, 1.165) is 10.8 Å². The van der Waals surface area contributed by atoms with Crippen molar-refractivity contribution in [3.05, 3.63) is 72.3 Å². The van der Waals surface area contributed by atoms with E-state index < -0.39 is 6.10 Å². The van der Waals surface area contributed by atoms with Crippen LogP contribution in [0.25, 0.3) is 10.8 Å². The number of hydrogen-bond acceptors (Lipinski definition) is 4. The summed E-state index contributed by atoms with van der Waals surface area (Å²) in [4.78, 5) is 12.1. The molecule has 0 heterocycles. The number of para-hydroxylation sites is 1. The van der Waals surface area contributed by atoms with E-state index in [2.05, 4.69) is 10.5 Å². The van der Waals surface area contributed by atoms with Gasteiger partial charge in [0.05, 0.1) is 6.21 Å². The van der Waals surface area contributed by atoms with Gasteiger partial charge in [-0.1, -0.05) is 42.5 Å². The summed E-state index contributed by atoms with van der Waals surface area (Å²) in [6.07, 6.45) is 0.679. The zero-order valence-corrected chi connectivity index (χ0v) is 13.7. The van der Waals surface area contributed by atoms with Crippen LogP contribution in [0.15, 0.2) is 71.8 Å². The Morgan fingerprint density at radius 2 is 1.80 bits per heavy atom. The van der Waals surface area contributed by atoms with Crippen molar-refractivity contribution >= 4 is 22.9 Å². The van der Waals surface area contributed by atoms with Gasteiger partial charge in [0.25, 0.3) is 5.91 Å². The third-order valence-corrected chi connectivity index (χ3v) is 3.72. The summed E-state index contributed by atoms with van der Waals surface area (Å²) < 4.78 is 5.68. The fourth-order valence-electron chi connectivity index (χ4n) is 2.35. The summed E-state index contributed by atoms with van der Waals surface area (Å²) in [7, 11) is 0. The zero-order valence-electron chi connectivity index (χ0n) is 13.7. The molecule has 0 radical (unpaired) electrons. The Morgan fingerprint density at radius 3 is 2.60 bits per heavy atom. The van der Waals surface area contributed by atoms with Gasteiger partial charge in [0.15, 0.2) is 6.10 Å². The molecule has 0 aliphatic rings. The van der Waals surface area contributed by atoms with Crippen LogP contribution in [0.4, 0.5) is 0 Å². The second kappa shape index (κ2) is 7.49. The number of carbonyl (C=O) groups is 1. The molecule has 0 bridgehead atoms. The van der Waals surface area contributed by atoms with E-state index in [1.807, 2.05) is 42.5 Å². The number of fused-ring (bicyclic) bond motifs is 1. The highest BCUT2D eigenvalue weighted by molar-refractivity contribution is 5.86. The van der Waals surface area contributed by atoms with Gasteiger partial charge in [0.2, 0.25) is 0 Å². The van der Waals surface area contributed by atoms with Crippen molar-refractivity contribution in [2.45, 2.75) is 13.0 Å². The molecule has 0 fully saturated rings. The highest BCUT2D eigenvalue weighted by atomic mass is 16.5. The van der Waals surface area contributed by atoms with E-state index in [4.69, 9.17) is 4.74 Å². The van der Waals surface area contributed by atoms with Crippen LogP contribution in [0.3, 0.4) is 0 Å². The van der Waals surface area contributed by atoms with Crippen molar-refractivity contribution in [2.75, 3.05) is 0 Å². The van der Waals surface area contributed by atoms with Crippen LogP contribution in [0.5, 0.6) is 11.5 Å². The van der Waals surface area contributed by atoms with Crippen molar-refractivity contribution in [1.82, 2.24) is 5.43 Å². The van der Waals surface area contributed by atoms with Crippen molar-refractivity contribution in [3.63, 3.8) is 0 Å². The maximum absolute atomic E-state index is 12.1. The van der Waals surface area contributed by atoms with Crippen molar-refractivity contribution in [3.8, 4) is 11.5 Å². The number of rotatable bonds is 5. The van der Waals surface area contributed by atoms with E-state index in [1.165, 1.54) is 6.21 Å². The molecular formula is C20H18N2O3. The molecule has 3 aromatic rings. The number of nitrogens with zero attached hydrogens (tertiary/aromatic N) is 1. The van der Waals surface area contributed by atoms with E-state index in [0.29, 0.717) is 11.3 Å². The van der Waals surface area contributed by atoms with Gasteiger partial charge in [-0.2, -0.15) is 5.10 Å². The number of benzene rings is 3. The van der Waals surface area contributed by atoms with Gasteiger partial charge in [-0.05, 0) is 42.0 Å². The smallest absolute Gasteiger partial charge is 0.280 e.